The van der Waals surface area contributed by atoms with Crippen molar-refractivity contribution in [3.8, 4) is 22.6 Å². The summed E-state index contributed by atoms with van der Waals surface area (Å²) >= 11 is 5.32. The monoisotopic (exact) mass is 369 g/mol. The fourth-order valence-electron chi connectivity index (χ4n) is 2.59. The predicted octanol–water partition coefficient (Wildman–Crippen LogP) is 1.09. The summed E-state index contributed by atoms with van der Waals surface area (Å²) in [6.07, 6.45) is 6.24. The third kappa shape index (κ3) is 2.41. The first-order valence-corrected chi connectivity index (χ1v) is 7.78. The molecule has 0 atom stereocenters. The number of H-pyrrole nitrogens is 2. The molecule has 0 fully saturated rings. The molecule has 0 radical (unpaired) electrons. The summed E-state index contributed by atoms with van der Waals surface area (Å²) in [4.78, 5) is 28.2. The lowest BCUT2D eigenvalue weighted by atomic mass is 10.1. The van der Waals surface area contributed by atoms with E-state index in [-0.39, 0.29) is 21.6 Å². The van der Waals surface area contributed by atoms with Gasteiger partial charge in [-0.25, -0.2) is 19.7 Å². The number of methoxy groups -OCH3 is 1. The molecule has 0 amide bonds. The topological polar surface area (TPSA) is 123 Å². The number of nitrogens with one attached hydrogen (secondary N) is 2. The number of hydrogen-bond donors (Lipinski definition) is 2. The third-order valence-corrected chi connectivity index (χ3v) is 4.04. The second-order valence-electron chi connectivity index (χ2n) is 5.26. The summed E-state index contributed by atoms with van der Waals surface area (Å²) in [6, 6.07) is 3.53. The highest BCUT2D eigenvalue weighted by molar-refractivity contribution is 7.71. The molecule has 26 heavy (non-hydrogen) atoms. The molecule has 4 heterocycles. The zero-order valence-corrected chi connectivity index (χ0v) is 14.1. The van der Waals surface area contributed by atoms with Crippen molar-refractivity contribution in [2.75, 3.05) is 7.11 Å². The number of nitrogens with zero attached hydrogens (tertiary/aromatic N) is 5. The zero-order chi connectivity index (χ0) is 18.3. The molecule has 2 aliphatic heterocycles. The summed E-state index contributed by atoms with van der Waals surface area (Å²) in [5, 5.41) is 13.2. The van der Waals surface area contributed by atoms with Crippen molar-refractivity contribution in [3.05, 3.63) is 57.6 Å². The van der Waals surface area contributed by atoms with Gasteiger partial charge in [-0.2, -0.15) is 10.2 Å². The second-order valence-corrected chi connectivity index (χ2v) is 5.65. The van der Waals surface area contributed by atoms with E-state index < -0.39 is 11.5 Å². The number of fused-ring (bicyclic) bond motifs is 1. The van der Waals surface area contributed by atoms with E-state index >= 15 is 0 Å². The number of carbonyl (C=O) groups excluding carboxylic acids is 1. The van der Waals surface area contributed by atoms with Crippen LogP contribution in [0.4, 0.5) is 0 Å². The van der Waals surface area contributed by atoms with Crippen molar-refractivity contribution < 1.29 is 9.53 Å². The summed E-state index contributed by atoms with van der Waals surface area (Å²) < 4.78 is 8.10. The van der Waals surface area contributed by atoms with Gasteiger partial charge < -0.3 is 4.74 Å². The molecule has 0 saturated carbocycles. The lowest BCUT2D eigenvalue weighted by molar-refractivity contribution is 0.0600. The maximum absolute atomic E-state index is 12.1. The molecule has 2 aliphatic rings. The van der Waals surface area contributed by atoms with Gasteiger partial charge in [0.25, 0.3) is 5.56 Å². The highest BCUT2D eigenvalue weighted by Crippen LogP contribution is 2.23. The Morgan fingerprint density at radius 1 is 1.19 bits per heavy atom. The zero-order valence-electron chi connectivity index (χ0n) is 13.3. The van der Waals surface area contributed by atoms with Gasteiger partial charge in [0.1, 0.15) is 11.3 Å². The molecule has 11 heteroatoms. The van der Waals surface area contributed by atoms with Crippen LogP contribution in [0.25, 0.3) is 22.6 Å². The molecular formula is C15H11N7O3S. The van der Waals surface area contributed by atoms with E-state index in [9.17, 15) is 9.59 Å². The molecule has 2 aromatic rings. The fourth-order valence-corrected chi connectivity index (χ4v) is 2.82. The Morgan fingerprint density at radius 2 is 1.96 bits per heavy atom. The first-order chi connectivity index (χ1) is 12.6. The number of pyridine rings is 2. The van der Waals surface area contributed by atoms with E-state index in [1.54, 1.807) is 29.2 Å². The largest absolute Gasteiger partial charge is 0.465 e. The van der Waals surface area contributed by atoms with Crippen LogP contribution in [0.1, 0.15) is 10.4 Å². The van der Waals surface area contributed by atoms with Gasteiger partial charge in [0, 0.05) is 30.4 Å². The first kappa shape index (κ1) is 15.9. The minimum atomic E-state index is -0.628. The van der Waals surface area contributed by atoms with Gasteiger partial charge >= 0.3 is 5.97 Å². The molecular weight excluding hydrogens is 358 g/mol. The van der Waals surface area contributed by atoms with Crippen molar-refractivity contribution >= 4 is 18.2 Å². The van der Waals surface area contributed by atoms with E-state index in [4.69, 9.17) is 17.0 Å². The normalized spacial score (nSPS) is 11.0. The molecule has 4 rings (SSSR count). The Labute approximate surface area is 150 Å². The van der Waals surface area contributed by atoms with Crippen LogP contribution >= 0.6 is 12.2 Å². The summed E-state index contributed by atoms with van der Waals surface area (Å²) in [6.45, 7) is 0. The van der Waals surface area contributed by atoms with Crippen molar-refractivity contribution in [1.82, 2.24) is 34.7 Å². The van der Waals surface area contributed by atoms with E-state index in [2.05, 4.69) is 25.4 Å². The Balaban J connectivity index is 2.02. The van der Waals surface area contributed by atoms with Gasteiger partial charge in [-0.1, -0.05) is 0 Å². The predicted molar refractivity (Wildman–Crippen MR) is 92.2 cm³/mol. The lowest BCUT2D eigenvalue weighted by Gasteiger charge is -2.14. The maximum atomic E-state index is 12.1. The average Bonchev–Trinajstić information content (AvgIpc) is 3.24. The lowest BCUT2D eigenvalue weighted by Crippen LogP contribution is -2.17. The van der Waals surface area contributed by atoms with E-state index in [1.807, 2.05) is 0 Å². The van der Waals surface area contributed by atoms with Crippen LogP contribution in [0.2, 0.25) is 0 Å². The van der Waals surface area contributed by atoms with Crippen molar-refractivity contribution in [2.24, 2.45) is 0 Å². The highest BCUT2D eigenvalue weighted by atomic mass is 32.1. The number of hydrogen-bond acceptors (Lipinski definition) is 7. The van der Waals surface area contributed by atoms with Gasteiger partial charge in [0.2, 0.25) is 4.77 Å². The molecule has 2 N–H and O–H groups in total. The molecule has 10 nitrogen and oxygen atoms in total. The summed E-state index contributed by atoms with van der Waals surface area (Å²) in [5.74, 6) is -0.148. The van der Waals surface area contributed by atoms with Crippen LogP contribution in [-0.2, 0) is 4.74 Å². The Morgan fingerprint density at radius 3 is 2.69 bits per heavy atom. The van der Waals surface area contributed by atoms with Crippen LogP contribution in [0.15, 0.2) is 41.7 Å². The van der Waals surface area contributed by atoms with Gasteiger partial charge in [0.15, 0.2) is 5.82 Å². The fraction of sp³-hybridized carbons (Fsp3) is 0.0667. The number of aromatic amines is 2. The van der Waals surface area contributed by atoms with Gasteiger partial charge in [-0.3, -0.25) is 14.5 Å². The van der Waals surface area contributed by atoms with E-state index in [0.29, 0.717) is 5.82 Å². The van der Waals surface area contributed by atoms with Crippen LogP contribution in [0.3, 0.4) is 0 Å². The minimum absolute atomic E-state index is 0.118. The number of ether oxygens (including phenoxy) is 1. The molecule has 0 spiro atoms. The quantitative estimate of drug-likeness (QED) is 0.409. The molecule has 0 bridgehead atoms. The standard InChI is InChI=1S/C15H11N7O3S/c1-25-14(24)10-7-21(6-9-11(10)17-19-13(9)23)22-12(18-20-15(22)26)8-2-4-16-5-3-8/h2-7H,1H3,(H,19,23)(H,20,26). The van der Waals surface area contributed by atoms with Crippen LogP contribution < -0.4 is 5.56 Å². The summed E-state index contributed by atoms with van der Waals surface area (Å²) in [7, 11) is 1.25. The van der Waals surface area contributed by atoms with Crippen molar-refractivity contribution in [3.63, 3.8) is 0 Å². The van der Waals surface area contributed by atoms with Crippen LogP contribution in [-0.4, -0.2) is 47.8 Å². The Kier molecular flexibility index (Phi) is 3.69. The van der Waals surface area contributed by atoms with E-state index in [1.165, 1.54) is 24.2 Å². The highest BCUT2D eigenvalue weighted by Gasteiger charge is 2.23. The first-order valence-electron chi connectivity index (χ1n) is 7.37. The van der Waals surface area contributed by atoms with Gasteiger partial charge in [-0.05, 0) is 24.4 Å². The SMILES string of the molecule is COC(=O)c1cn(-n2c(-c3ccncc3)n[nH]c2=S)cc2c(=O)[nH]nc1-2. The molecule has 0 aromatic carbocycles. The number of aromatic nitrogens is 7. The minimum Gasteiger partial charge on any atom is -0.465 e. The average molecular weight is 369 g/mol. The van der Waals surface area contributed by atoms with E-state index in [0.717, 1.165) is 5.56 Å². The number of carbonyl (C=O) groups is 1. The van der Waals surface area contributed by atoms with Crippen LogP contribution in [0, 0.1) is 4.77 Å². The molecule has 2 aromatic heterocycles. The molecule has 0 unspecified atom stereocenters. The smallest absolute Gasteiger partial charge is 0.341 e. The van der Waals surface area contributed by atoms with Gasteiger partial charge in [0.05, 0.1) is 12.7 Å². The Hall–Kier alpha value is -3.60. The van der Waals surface area contributed by atoms with Gasteiger partial charge in [-0.15, -0.1) is 0 Å². The van der Waals surface area contributed by atoms with Crippen molar-refractivity contribution in [2.45, 2.75) is 0 Å². The Bertz CT molecular complexity index is 1190. The maximum Gasteiger partial charge on any atom is 0.341 e. The number of rotatable bonds is 3. The van der Waals surface area contributed by atoms with Crippen LogP contribution in [0.5, 0.6) is 0 Å². The molecule has 0 aliphatic carbocycles. The summed E-state index contributed by atoms with van der Waals surface area (Å²) in [5.41, 5.74) is 0.872. The second kappa shape index (κ2) is 6.04. The number of esters is 1. The molecule has 130 valence electrons. The third-order valence-electron chi connectivity index (χ3n) is 3.77. The van der Waals surface area contributed by atoms with Crippen molar-refractivity contribution in [1.29, 1.82) is 0 Å². The molecule has 0 saturated heterocycles.